The van der Waals surface area contributed by atoms with E-state index in [9.17, 15) is 4.79 Å². The largest absolute Gasteiger partial charge is 0.380 e. The average Bonchev–Trinajstić information content (AvgIpc) is 2.26. The molecule has 0 radical (unpaired) electrons. The topological polar surface area (TPSA) is 64.3 Å². The fourth-order valence-electron chi connectivity index (χ4n) is 1.37. The zero-order valence-corrected chi connectivity index (χ0v) is 9.69. The van der Waals surface area contributed by atoms with Crippen LogP contribution < -0.4 is 11.1 Å². The second-order valence-electron chi connectivity index (χ2n) is 3.76. The molecule has 1 aromatic carbocycles. The van der Waals surface area contributed by atoms with Crippen molar-refractivity contribution in [3.8, 4) is 0 Å². The highest BCUT2D eigenvalue weighted by atomic mass is 16.5. The van der Waals surface area contributed by atoms with Gasteiger partial charge < -0.3 is 15.8 Å². The zero-order valence-electron chi connectivity index (χ0n) is 9.69. The molecule has 4 heteroatoms. The van der Waals surface area contributed by atoms with E-state index in [4.69, 9.17) is 10.5 Å². The molecule has 0 aliphatic carbocycles. The van der Waals surface area contributed by atoms with Crippen molar-refractivity contribution in [1.29, 1.82) is 0 Å². The third kappa shape index (κ3) is 4.00. The quantitative estimate of drug-likeness (QED) is 0.748. The van der Waals surface area contributed by atoms with Crippen LogP contribution in [0.5, 0.6) is 0 Å². The lowest BCUT2D eigenvalue weighted by Gasteiger charge is -2.10. The molecular formula is C12H18N2O2. The molecule has 0 aliphatic heterocycles. The molecule has 1 amide bonds. The molecule has 0 spiro atoms. The second-order valence-corrected chi connectivity index (χ2v) is 3.76. The van der Waals surface area contributed by atoms with E-state index in [0.717, 1.165) is 11.1 Å². The van der Waals surface area contributed by atoms with Gasteiger partial charge in [0.25, 0.3) is 0 Å². The number of carbonyl (C=O) groups excluding carboxylic acids is 1. The van der Waals surface area contributed by atoms with Gasteiger partial charge in [-0.25, -0.2) is 0 Å². The summed E-state index contributed by atoms with van der Waals surface area (Å²) in [6.07, 6.45) is 0. The van der Waals surface area contributed by atoms with Gasteiger partial charge in [-0.15, -0.1) is 0 Å². The van der Waals surface area contributed by atoms with Gasteiger partial charge in [0.2, 0.25) is 5.91 Å². The minimum atomic E-state index is -0.340. The lowest BCUT2D eigenvalue weighted by Crippen LogP contribution is -2.38. The lowest BCUT2D eigenvalue weighted by atomic mass is 10.1. The van der Waals surface area contributed by atoms with Crippen molar-refractivity contribution >= 4 is 5.91 Å². The Morgan fingerprint density at radius 1 is 1.50 bits per heavy atom. The summed E-state index contributed by atoms with van der Waals surface area (Å²) in [6.45, 7) is 2.97. The standard InChI is InChI=1S/C12H18N2O2/c1-9(12(13)15)14-7-10-4-3-5-11(6-10)8-16-2/h3-6,9,14H,7-8H2,1-2H3,(H2,13,15)/t9-/m0/s1. The van der Waals surface area contributed by atoms with E-state index >= 15 is 0 Å². The van der Waals surface area contributed by atoms with Crippen LogP contribution in [-0.4, -0.2) is 19.1 Å². The Morgan fingerprint density at radius 2 is 2.19 bits per heavy atom. The van der Waals surface area contributed by atoms with Crippen molar-refractivity contribution in [1.82, 2.24) is 5.32 Å². The number of nitrogens with one attached hydrogen (secondary N) is 1. The Balaban J connectivity index is 2.53. The predicted molar refractivity (Wildman–Crippen MR) is 62.7 cm³/mol. The van der Waals surface area contributed by atoms with Gasteiger partial charge in [-0.05, 0) is 18.1 Å². The van der Waals surface area contributed by atoms with E-state index in [1.165, 1.54) is 0 Å². The molecule has 4 nitrogen and oxygen atoms in total. The van der Waals surface area contributed by atoms with Gasteiger partial charge in [0.1, 0.15) is 0 Å². The average molecular weight is 222 g/mol. The molecule has 1 rings (SSSR count). The van der Waals surface area contributed by atoms with E-state index in [-0.39, 0.29) is 11.9 Å². The van der Waals surface area contributed by atoms with Crippen molar-refractivity contribution < 1.29 is 9.53 Å². The van der Waals surface area contributed by atoms with E-state index in [0.29, 0.717) is 13.2 Å². The number of nitrogens with two attached hydrogens (primary N) is 1. The summed E-state index contributed by atoms with van der Waals surface area (Å²) in [7, 11) is 1.67. The fourth-order valence-corrected chi connectivity index (χ4v) is 1.37. The Labute approximate surface area is 95.8 Å². The van der Waals surface area contributed by atoms with Crippen LogP contribution in [0, 0.1) is 0 Å². The molecule has 0 heterocycles. The molecule has 1 atom stereocenters. The summed E-state index contributed by atoms with van der Waals surface area (Å²) >= 11 is 0. The monoisotopic (exact) mass is 222 g/mol. The Hall–Kier alpha value is -1.39. The minimum Gasteiger partial charge on any atom is -0.380 e. The number of amides is 1. The van der Waals surface area contributed by atoms with Crippen LogP contribution in [0.25, 0.3) is 0 Å². The van der Waals surface area contributed by atoms with Crippen LogP contribution in [0.3, 0.4) is 0 Å². The van der Waals surface area contributed by atoms with Crippen LogP contribution >= 0.6 is 0 Å². The van der Waals surface area contributed by atoms with Gasteiger partial charge >= 0.3 is 0 Å². The lowest BCUT2D eigenvalue weighted by molar-refractivity contribution is -0.119. The molecule has 3 N–H and O–H groups in total. The van der Waals surface area contributed by atoms with E-state index < -0.39 is 0 Å². The van der Waals surface area contributed by atoms with Crippen molar-refractivity contribution in [3.63, 3.8) is 0 Å². The molecule has 0 unspecified atom stereocenters. The van der Waals surface area contributed by atoms with Crippen LogP contribution in [0.2, 0.25) is 0 Å². The molecule has 88 valence electrons. The highest BCUT2D eigenvalue weighted by Crippen LogP contribution is 2.06. The van der Waals surface area contributed by atoms with Gasteiger partial charge in [-0.2, -0.15) is 0 Å². The van der Waals surface area contributed by atoms with Crippen molar-refractivity contribution in [3.05, 3.63) is 35.4 Å². The molecule has 0 fully saturated rings. The molecule has 0 saturated heterocycles. The first-order valence-electron chi connectivity index (χ1n) is 5.23. The van der Waals surface area contributed by atoms with Gasteiger partial charge in [-0.3, -0.25) is 4.79 Å². The second kappa shape index (κ2) is 6.25. The fraction of sp³-hybridized carbons (Fsp3) is 0.417. The third-order valence-corrected chi connectivity index (χ3v) is 2.34. The third-order valence-electron chi connectivity index (χ3n) is 2.34. The Kier molecular flexibility index (Phi) is 4.95. The number of primary amides is 1. The summed E-state index contributed by atoms with van der Waals surface area (Å²) < 4.78 is 5.05. The maximum atomic E-state index is 10.8. The van der Waals surface area contributed by atoms with Gasteiger partial charge in [0, 0.05) is 13.7 Å². The first-order chi connectivity index (χ1) is 7.63. The van der Waals surface area contributed by atoms with Crippen molar-refractivity contribution in [2.75, 3.05) is 7.11 Å². The summed E-state index contributed by atoms with van der Waals surface area (Å²) in [5.41, 5.74) is 7.39. The van der Waals surface area contributed by atoms with E-state index in [1.54, 1.807) is 14.0 Å². The number of ether oxygens (including phenoxy) is 1. The normalized spacial score (nSPS) is 12.4. The molecule has 0 aromatic heterocycles. The SMILES string of the molecule is COCc1cccc(CN[C@@H](C)C(N)=O)c1. The summed E-state index contributed by atoms with van der Waals surface area (Å²) in [5, 5.41) is 3.05. The van der Waals surface area contributed by atoms with Gasteiger partial charge in [0.15, 0.2) is 0 Å². The van der Waals surface area contributed by atoms with Crippen LogP contribution in [0.1, 0.15) is 18.1 Å². The maximum Gasteiger partial charge on any atom is 0.234 e. The van der Waals surface area contributed by atoms with E-state index in [1.807, 2.05) is 24.3 Å². The maximum absolute atomic E-state index is 10.8. The van der Waals surface area contributed by atoms with Crippen molar-refractivity contribution in [2.24, 2.45) is 5.73 Å². The van der Waals surface area contributed by atoms with E-state index in [2.05, 4.69) is 5.32 Å². The van der Waals surface area contributed by atoms with Crippen LogP contribution in [0.4, 0.5) is 0 Å². The number of methoxy groups -OCH3 is 1. The molecule has 0 saturated carbocycles. The summed E-state index contributed by atoms with van der Waals surface area (Å²) in [4.78, 5) is 10.8. The first-order valence-corrected chi connectivity index (χ1v) is 5.23. The molecular weight excluding hydrogens is 204 g/mol. The minimum absolute atomic E-state index is 0.314. The molecule has 16 heavy (non-hydrogen) atoms. The van der Waals surface area contributed by atoms with Crippen LogP contribution in [0.15, 0.2) is 24.3 Å². The molecule has 1 aromatic rings. The highest BCUT2D eigenvalue weighted by Gasteiger charge is 2.06. The summed E-state index contributed by atoms with van der Waals surface area (Å²) in [6, 6.07) is 7.71. The molecule has 0 aliphatic rings. The van der Waals surface area contributed by atoms with Crippen LogP contribution in [-0.2, 0) is 22.7 Å². The smallest absolute Gasteiger partial charge is 0.234 e. The zero-order chi connectivity index (χ0) is 12.0. The number of hydrogen-bond donors (Lipinski definition) is 2. The number of rotatable bonds is 6. The highest BCUT2D eigenvalue weighted by molar-refractivity contribution is 5.79. The number of hydrogen-bond acceptors (Lipinski definition) is 3. The van der Waals surface area contributed by atoms with Crippen molar-refractivity contribution in [2.45, 2.75) is 26.1 Å². The molecule has 0 bridgehead atoms. The number of carbonyl (C=O) groups is 1. The first kappa shape index (κ1) is 12.7. The Bertz CT molecular complexity index is 353. The summed E-state index contributed by atoms with van der Waals surface area (Å²) in [5.74, 6) is -0.340. The van der Waals surface area contributed by atoms with Gasteiger partial charge in [-0.1, -0.05) is 24.3 Å². The van der Waals surface area contributed by atoms with Gasteiger partial charge in [0.05, 0.1) is 12.6 Å². The number of benzene rings is 1. The Morgan fingerprint density at radius 3 is 2.81 bits per heavy atom. The predicted octanol–water partition coefficient (Wildman–Crippen LogP) is 0.796.